The van der Waals surface area contributed by atoms with E-state index in [0.717, 1.165) is 26.9 Å². The van der Waals surface area contributed by atoms with E-state index in [-0.39, 0.29) is 18.2 Å². The molecule has 2 heterocycles. The minimum atomic E-state index is -0.878. The van der Waals surface area contributed by atoms with Gasteiger partial charge in [0.2, 0.25) is 5.91 Å². The van der Waals surface area contributed by atoms with Gasteiger partial charge in [-0.2, -0.15) is 0 Å². The van der Waals surface area contributed by atoms with Crippen molar-refractivity contribution in [1.29, 1.82) is 0 Å². The summed E-state index contributed by atoms with van der Waals surface area (Å²) < 4.78 is 0. The largest absolute Gasteiger partial charge is 0.361 e. The number of aryl methyl sites for hydroxylation is 1. The predicted molar refractivity (Wildman–Crippen MR) is 137 cm³/mol. The molecule has 1 fully saturated rings. The Balaban J connectivity index is 1.46. The third-order valence-electron chi connectivity index (χ3n) is 6.41. The van der Waals surface area contributed by atoms with Crippen LogP contribution in [0, 0.1) is 6.92 Å². The molecule has 1 aliphatic rings. The Morgan fingerprint density at radius 2 is 1.83 bits per heavy atom. The number of hydrogen-bond donors (Lipinski definition) is 1. The van der Waals surface area contributed by atoms with Crippen LogP contribution in [0.2, 0.25) is 5.02 Å². The van der Waals surface area contributed by atoms with Crippen LogP contribution in [-0.4, -0.2) is 40.2 Å². The molecule has 3 aromatic carbocycles. The summed E-state index contributed by atoms with van der Waals surface area (Å²) in [5.41, 5.74) is 3.96. The van der Waals surface area contributed by atoms with E-state index in [1.807, 2.05) is 49.5 Å². The molecule has 176 valence electrons. The van der Waals surface area contributed by atoms with Crippen LogP contribution in [0.4, 0.5) is 5.69 Å². The molecule has 4 aromatic rings. The summed E-state index contributed by atoms with van der Waals surface area (Å²) in [5.74, 6) is -1.01. The Hall–Kier alpha value is -3.90. The lowest BCUT2D eigenvalue weighted by atomic mass is 10.1. The maximum atomic E-state index is 13.7. The molecule has 0 aliphatic carbocycles. The molecule has 1 aromatic heterocycles. The van der Waals surface area contributed by atoms with Gasteiger partial charge in [-0.05, 0) is 61.4 Å². The van der Waals surface area contributed by atoms with E-state index in [0.29, 0.717) is 29.2 Å². The van der Waals surface area contributed by atoms with E-state index in [1.54, 1.807) is 41.3 Å². The summed E-state index contributed by atoms with van der Waals surface area (Å²) in [6.07, 6.45) is 2.41. The van der Waals surface area contributed by atoms with Gasteiger partial charge in [0.1, 0.15) is 6.04 Å². The number of carbonyl (C=O) groups excluding carboxylic acids is 3. The molecular formula is C28H24ClN3O3. The molecule has 1 unspecified atom stereocenters. The lowest BCUT2D eigenvalue weighted by Crippen LogP contribution is -2.46. The Bertz CT molecular complexity index is 1430. The van der Waals surface area contributed by atoms with Gasteiger partial charge in [0, 0.05) is 34.2 Å². The summed E-state index contributed by atoms with van der Waals surface area (Å²) >= 11 is 5.98. The Morgan fingerprint density at radius 1 is 1.06 bits per heavy atom. The number of fused-ring (bicyclic) bond motifs is 1. The van der Waals surface area contributed by atoms with E-state index in [4.69, 9.17) is 11.6 Å². The Morgan fingerprint density at radius 3 is 2.60 bits per heavy atom. The van der Waals surface area contributed by atoms with Crippen LogP contribution in [0.15, 0.2) is 79.0 Å². The molecular weight excluding hydrogens is 462 g/mol. The van der Waals surface area contributed by atoms with Crippen LogP contribution in [-0.2, 0) is 16.0 Å². The molecule has 1 N–H and O–H groups in total. The zero-order valence-corrected chi connectivity index (χ0v) is 20.0. The first-order valence-corrected chi connectivity index (χ1v) is 11.8. The minimum absolute atomic E-state index is 0.0626. The van der Waals surface area contributed by atoms with Crippen LogP contribution in [0.3, 0.4) is 0 Å². The molecule has 1 aliphatic heterocycles. The number of rotatable bonds is 6. The van der Waals surface area contributed by atoms with Gasteiger partial charge in [0.25, 0.3) is 11.8 Å². The number of amides is 3. The SMILES string of the molecule is Cc1cccc(C(=O)N(CCc2c[nH]c3ccccc23)C2CC(=O)N(c3ccc(Cl)cc3)C2=O)c1. The first kappa shape index (κ1) is 22.9. The highest BCUT2D eigenvalue weighted by Gasteiger charge is 2.44. The van der Waals surface area contributed by atoms with Crippen molar-refractivity contribution in [2.75, 3.05) is 11.4 Å². The van der Waals surface area contributed by atoms with Gasteiger partial charge in [0.05, 0.1) is 12.1 Å². The molecule has 0 spiro atoms. The number of H-pyrrole nitrogens is 1. The molecule has 5 rings (SSSR count). The fraction of sp³-hybridized carbons (Fsp3) is 0.179. The normalized spacial score (nSPS) is 15.7. The average molecular weight is 486 g/mol. The smallest absolute Gasteiger partial charge is 0.257 e. The number of aromatic nitrogens is 1. The first-order chi connectivity index (χ1) is 16.9. The van der Waals surface area contributed by atoms with Crippen molar-refractivity contribution >= 4 is 45.9 Å². The fourth-order valence-corrected chi connectivity index (χ4v) is 4.77. The van der Waals surface area contributed by atoms with Gasteiger partial charge >= 0.3 is 0 Å². The van der Waals surface area contributed by atoms with Gasteiger partial charge in [-0.15, -0.1) is 0 Å². The standard InChI is InChI=1S/C28H24ClN3O3/c1-18-5-4-6-19(15-18)27(34)31(14-13-20-17-30-24-8-3-2-7-23(20)24)25-16-26(33)32(28(25)35)22-11-9-21(29)10-12-22/h2-12,15,17,25,30H,13-14,16H2,1H3. The molecule has 1 saturated heterocycles. The van der Waals surface area contributed by atoms with Gasteiger partial charge in [0.15, 0.2) is 0 Å². The zero-order valence-electron chi connectivity index (χ0n) is 19.2. The maximum Gasteiger partial charge on any atom is 0.257 e. The third kappa shape index (κ3) is 4.45. The molecule has 7 heteroatoms. The highest BCUT2D eigenvalue weighted by Crippen LogP contribution is 2.28. The van der Waals surface area contributed by atoms with E-state index >= 15 is 0 Å². The average Bonchev–Trinajstić information content (AvgIpc) is 3.40. The van der Waals surface area contributed by atoms with Gasteiger partial charge in [-0.25, -0.2) is 4.90 Å². The van der Waals surface area contributed by atoms with Crippen molar-refractivity contribution in [2.45, 2.75) is 25.8 Å². The van der Waals surface area contributed by atoms with Crippen LogP contribution >= 0.6 is 11.6 Å². The summed E-state index contributed by atoms with van der Waals surface area (Å²) in [4.78, 5) is 46.1. The van der Waals surface area contributed by atoms with Crippen molar-refractivity contribution < 1.29 is 14.4 Å². The van der Waals surface area contributed by atoms with Gasteiger partial charge in [-0.1, -0.05) is 47.5 Å². The first-order valence-electron chi connectivity index (χ1n) is 11.5. The molecule has 0 bridgehead atoms. The fourth-order valence-electron chi connectivity index (χ4n) is 4.64. The van der Waals surface area contributed by atoms with Crippen molar-refractivity contribution in [3.05, 3.63) is 101 Å². The van der Waals surface area contributed by atoms with E-state index in [1.165, 1.54) is 0 Å². The Labute approximate surface area is 208 Å². The second kappa shape index (κ2) is 9.39. The molecule has 1 atom stereocenters. The van der Waals surface area contributed by atoms with Crippen molar-refractivity contribution in [1.82, 2.24) is 9.88 Å². The van der Waals surface area contributed by atoms with Crippen LogP contribution < -0.4 is 4.90 Å². The molecule has 3 amide bonds. The number of halogens is 1. The number of aromatic amines is 1. The van der Waals surface area contributed by atoms with Gasteiger partial charge < -0.3 is 9.88 Å². The van der Waals surface area contributed by atoms with Crippen LogP contribution in [0.5, 0.6) is 0 Å². The highest BCUT2D eigenvalue weighted by molar-refractivity contribution is 6.31. The summed E-state index contributed by atoms with van der Waals surface area (Å²) in [5, 5.41) is 1.59. The maximum absolute atomic E-state index is 13.7. The van der Waals surface area contributed by atoms with Crippen LogP contribution in [0.1, 0.15) is 27.9 Å². The molecule has 6 nitrogen and oxygen atoms in total. The quantitative estimate of drug-likeness (QED) is 0.384. The van der Waals surface area contributed by atoms with Crippen LogP contribution in [0.25, 0.3) is 10.9 Å². The number of nitrogens with one attached hydrogen (secondary N) is 1. The number of para-hydroxylation sites is 1. The zero-order chi connectivity index (χ0) is 24.5. The Kier molecular flexibility index (Phi) is 6.14. The second-order valence-corrected chi connectivity index (χ2v) is 9.18. The number of carbonyl (C=O) groups is 3. The summed E-state index contributed by atoms with van der Waals surface area (Å²) in [6.45, 7) is 2.21. The number of hydrogen-bond acceptors (Lipinski definition) is 3. The highest BCUT2D eigenvalue weighted by atomic mass is 35.5. The van der Waals surface area contributed by atoms with Crippen molar-refractivity contribution in [3.8, 4) is 0 Å². The number of benzene rings is 3. The number of nitrogens with zero attached hydrogens (tertiary/aromatic N) is 2. The predicted octanol–water partition coefficient (Wildman–Crippen LogP) is 5.15. The van der Waals surface area contributed by atoms with Gasteiger partial charge in [-0.3, -0.25) is 14.4 Å². The van der Waals surface area contributed by atoms with E-state index < -0.39 is 11.9 Å². The van der Waals surface area contributed by atoms with Crippen molar-refractivity contribution in [3.63, 3.8) is 0 Å². The molecule has 0 radical (unpaired) electrons. The topological polar surface area (TPSA) is 73.5 Å². The van der Waals surface area contributed by atoms with E-state index in [2.05, 4.69) is 4.98 Å². The molecule has 35 heavy (non-hydrogen) atoms. The lowest BCUT2D eigenvalue weighted by Gasteiger charge is -2.28. The van der Waals surface area contributed by atoms with E-state index in [9.17, 15) is 14.4 Å². The summed E-state index contributed by atoms with van der Waals surface area (Å²) in [7, 11) is 0. The minimum Gasteiger partial charge on any atom is -0.361 e. The molecule has 0 saturated carbocycles. The summed E-state index contributed by atoms with van der Waals surface area (Å²) in [6, 6.07) is 20.9. The third-order valence-corrected chi connectivity index (χ3v) is 6.66. The van der Waals surface area contributed by atoms with Crippen molar-refractivity contribution in [2.24, 2.45) is 0 Å². The number of imide groups is 1. The second-order valence-electron chi connectivity index (χ2n) is 8.74. The lowest BCUT2D eigenvalue weighted by molar-refractivity contribution is -0.122. The number of anilines is 1. The monoisotopic (exact) mass is 485 g/mol.